The molecule has 0 heterocycles. The average Bonchev–Trinajstić information content (AvgIpc) is 2.95. The molecular formula is C12H24O2. The zero-order valence-corrected chi connectivity index (χ0v) is 9.75. The number of aliphatic hydroxyl groups is 1. The van der Waals surface area contributed by atoms with E-state index in [2.05, 4.69) is 20.8 Å². The summed E-state index contributed by atoms with van der Waals surface area (Å²) in [5.74, 6) is 1.35. The highest BCUT2D eigenvalue weighted by Crippen LogP contribution is 2.47. The van der Waals surface area contributed by atoms with E-state index >= 15 is 0 Å². The van der Waals surface area contributed by atoms with Crippen LogP contribution in [0.1, 0.15) is 40.0 Å². The Morgan fingerprint density at radius 3 is 2.50 bits per heavy atom. The van der Waals surface area contributed by atoms with E-state index in [4.69, 9.17) is 4.74 Å². The molecule has 1 N–H and O–H groups in total. The van der Waals surface area contributed by atoms with Gasteiger partial charge in [-0.05, 0) is 36.5 Å². The van der Waals surface area contributed by atoms with Gasteiger partial charge in [0.2, 0.25) is 0 Å². The first kappa shape index (κ1) is 12.0. The normalized spacial score (nSPS) is 21.2. The van der Waals surface area contributed by atoms with Gasteiger partial charge in [0.25, 0.3) is 0 Å². The van der Waals surface area contributed by atoms with Gasteiger partial charge < -0.3 is 9.84 Å². The quantitative estimate of drug-likeness (QED) is 0.640. The minimum Gasteiger partial charge on any atom is -0.396 e. The second kappa shape index (κ2) is 5.13. The lowest BCUT2D eigenvalue weighted by Gasteiger charge is -2.27. The van der Waals surface area contributed by atoms with Crippen molar-refractivity contribution >= 4 is 0 Å². The van der Waals surface area contributed by atoms with Crippen LogP contribution in [0.3, 0.4) is 0 Å². The zero-order valence-electron chi connectivity index (χ0n) is 9.75. The second-order valence-corrected chi connectivity index (χ2v) is 5.31. The van der Waals surface area contributed by atoms with Crippen LogP contribution >= 0.6 is 0 Å². The van der Waals surface area contributed by atoms with E-state index in [0.717, 1.165) is 25.6 Å². The first-order chi connectivity index (χ1) is 6.58. The van der Waals surface area contributed by atoms with Gasteiger partial charge in [0, 0.05) is 19.8 Å². The van der Waals surface area contributed by atoms with E-state index in [9.17, 15) is 5.11 Å². The highest BCUT2D eigenvalue weighted by Gasteiger charge is 2.40. The molecule has 0 aromatic rings. The van der Waals surface area contributed by atoms with Gasteiger partial charge in [-0.25, -0.2) is 0 Å². The van der Waals surface area contributed by atoms with Crippen molar-refractivity contribution in [1.82, 2.24) is 0 Å². The largest absolute Gasteiger partial charge is 0.396 e. The van der Waals surface area contributed by atoms with Gasteiger partial charge in [-0.15, -0.1) is 0 Å². The third-order valence-corrected chi connectivity index (χ3v) is 3.19. The molecule has 1 fully saturated rings. The summed E-state index contributed by atoms with van der Waals surface area (Å²) in [6.45, 7) is 8.45. The zero-order chi connectivity index (χ0) is 10.6. The Bertz CT molecular complexity index is 164. The average molecular weight is 200 g/mol. The summed E-state index contributed by atoms with van der Waals surface area (Å²) in [5.41, 5.74) is 0.122. The predicted molar refractivity (Wildman–Crippen MR) is 58.2 cm³/mol. The SMILES string of the molecule is CC(C)COCCC(C)(CO)C1CC1. The highest BCUT2D eigenvalue weighted by atomic mass is 16.5. The van der Waals surface area contributed by atoms with E-state index in [-0.39, 0.29) is 5.41 Å². The molecule has 0 aromatic heterocycles. The van der Waals surface area contributed by atoms with Crippen molar-refractivity contribution in [3.05, 3.63) is 0 Å². The molecule has 0 aliphatic heterocycles. The molecule has 0 amide bonds. The highest BCUT2D eigenvalue weighted by molar-refractivity contribution is 4.90. The van der Waals surface area contributed by atoms with E-state index in [0.29, 0.717) is 12.5 Å². The van der Waals surface area contributed by atoms with Gasteiger partial charge in [-0.3, -0.25) is 0 Å². The van der Waals surface area contributed by atoms with Crippen molar-refractivity contribution in [2.45, 2.75) is 40.0 Å². The molecule has 1 aliphatic rings. The number of rotatable bonds is 7. The predicted octanol–water partition coefficient (Wildman–Crippen LogP) is 2.46. The van der Waals surface area contributed by atoms with Gasteiger partial charge in [0.1, 0.15) is 0 Å². The van der Waals surface area contributed by atoms with Gasteiger partial charge in [0.05, 0.1) is 0 Å². The van der Waals surface area contributed by atoms with Crippen LogP contribution in [-0.2, 0) is 4.74 Å². The maximum absolute atomic E-state index is 9.35. The van der Waals surface area contributed by atoms with Gasteiger partial charge in [-0.1, -0.05) is 20.8 Å². The van der Waals surface area contributed by atoms with E-state index in [1.807, 2.05) is 0 Å². The summed E-state index contributed by atoms with van der Waals surface area (Å²) >= 11 is 0. The van der Waals surface area contributed by atoms with Crippen molar-refractivity contribution in [3.8, 4) is 0 Å². The van der Waals surface area contributed by atoms with Crippen molar-refractivity contribution < 1.29 is 9.84 Å². The Kier molecular flexibility index (Phi) is 4.39. The van der Waals surface area contributed by atoms with Crippen molar-refractivity contribution in [2.75, 3.05) is 19.8 Å². The van der Waals surface area contributed by atoms with E-state index in [1.54, 1.807) is 0 Å². The fourth-order valence-corrected chi connectivity index (χ4v) is 1.82. The third-order valence-electron chi connectivity index (χ3n) is 3.19. The number of hydrogen-bond acceptors (Lipinski definition) is 2. The minimum atomic E-state index is 0.122. The molecule has 2 nitrogen and oxygen atoms in total. The summed E-state index contributed by atoms with van der Waals surface area (Å²) < 4.78 is 5.56. The monoisotopic (exact) mass is 200 g/mol. The van der Waals surface area contributed by atoms with Gasteiger partial charge in [-0.2, -0.15) is 0 Å². The number of hydrogen-bond donors (Lipinski definition) is 1. The lowest BCUT2D eigenvalue weighted by molar-refractivity contribution is 0.0449. The van der Waals surface area contributed by atoms with Crippen LogP contribution in [0.25, 0.3) is 0 Å². The third kappa shape index (κ3) is 3.58. The Morgan fingerprint density at radius 1 is 1.43 bits per heavy atom. The smallest absolute Gasteiger partial charge is 0.0488 e. The molecule has 1 unspecified atom stereocenters. The van der Waals surface area contributed by atoms with Crippen LogP contribution in [0.4, 0.5) is 0 Å². The van der Waals surface area contributed by atoms with E-state index in [1.165, 1.54) is 12.8 Å². The van der Waals surface area contributed by atoms with Crippen LogP contribution in [-0.4, -0.2) is 24.9 Å². The fourth-order valence-electron chi connectivity index (χ4n) is 1.82. The summed E-state index contributed by atoms with van der Waals surface area (Å²) in [6.07, 6.45) is 3.59. The molecular weight excluding hydrogens is 176 g/mol. The first-order valence-corrected chi connectivity index (χ1v) is 5.77. The molecule has 14 heavy (non-hydrogen) atoms. The molecule has 0 saturated heterocycles. The number of ether oxygens (including phenoxy) is 1. The topological polar surface area (TPSA) is 29.5 Å². The lowest BCUT2D eigenvalue weighted by Crippen LogP contribution is -2.26. The van der Waals surface area contributed by atoms with Crippen LogP contribution in [0, 0.1) is 17.3 Å². The second-order valence-electron chi connectivity index (χ2n) is 5.31. The molecule has 1 aliphatic carbocycles. The molecule has 84 valence electrons. The molecule has 0 bridgehead atoms. The van der Waals surface area contributed by atoms with Gasteiger partial charge in [0.15, 0.2) is 0 Å². The Hall–Kier alpha value is -0.0800. The van der Waals surface area contributed by atoms with Crippen LogP contribution in [0.2, 0.25) is 0 Å². The van der Waals surface area contributed by atoms with Crippen LogP contribution in [0.15, 0.2) is 0 Å². The van der Waals surface area contributed by atoms with Crippen molar-refractivity contribution in [3.63, 3.8) is 0 Å². The summed E-state index contributed by atoms with van der Waals surface area (Å²) in [5, 5.41) is 9.35. The Labute approximate surface area is 87.7 Å². The molecule has 1 rings (SSSR count). The summed E-state index contributed by atoms with van der Waals surface area (Å²) in [6, 6.07) is 0. The minimum absolute atomic E-state index is 0.122. The van der Waals surface area contributed by atoms with Crippen LogP contribution in [0.5, 0.6) is 0 Å². The van der Waals surface area contributed by atoms with Gasteiger partial charge >= 0.3 is 0 Å². The fraction of sp³-hybridized carbons (Fsp3) is 1.00. The first-order valence-electron chi connectivity index (χ1n) is 5.77. The Balaban J connectivity index is 2.14. The van der Waals surface area contributed by atoms with Crippen molar-refractivity contribution in [2.24, 2.45) is 17.3 Å². The van der Waals surface area contributed by atoms with E-state index < -0.39 is 0 Å². The Morgan fingerprint density at radius 2 is 2.07 bits per heavy atom. The standard InChI is InChI=1S/C12H24O2/c1-10(2)8-14-7-6-12(3,9-13)11-4-5-11/h10-11,13H,4-9H2,1-3H3. The summed E-state index contributed by atoms with van der Waals surface area (Å²) in [7, 11) is 0. The molecule has 2 heteroatoms. The molecule has 1 saturated carbocycles. The maximum Gasteiger partial charge on any atom is 0.0488 e. The maximum atomic E-state index is 9.35. The number of aliphatic hydroxyl groups excluding tert-OH is 1. The van der Waals surface area contributed by atoms with Crippen LogP contribution < -0.4 is 0 Å². The molecule has 1 atom stereocenters. The summed E-state index contributed by atoms with van der Waals surface area (Å²) in [4.78, 5) is 0. The molecule has 0 spiro atoms. The lowest BCUT2D eigenvalue weighted by atomic mass is 9.83. The van der Waals surface area contributed by atoms with Crippen molar-refractivity contribution in [1.29, 1.82) is 0 Å². The molecule has 0 aromatic carbocycles. The molecule has 0 radical (unpaired) electrons.